The van der Waals surface area contributed by atoms with Crippen LogP contribution in [0.1, 0.15) is 6.92 Å². The Balaban J connectivity index is 2.31. The molecule has 0 aromatic heterocycles. The lowest BCUT2D eigenvalue weighted by Crippen LogP contribution is -2.53. The van der Waals surface area contributed by atoms with Crippen LogP contribution >= 0.6 is 0 Å². The molecule has 0 spiro atoms. The van der Waals surface area contributed by atoms with E-state index in [4.69, 9.17) is 0 Å². The number of hydrogen-bond acceptors (Lipinski definition) is 1. The predicted molar refractivity (Wildman–Crippen MR) is 22.4 cm³/mol. The molecule has 0 unspecified atom stereocenters. The van der Waals surface area contributed by atoms with Gasteiger partial charge >= 0.3 is 0 Å². The SMILES string of the molecule is CC1(F)CNC1. The van der Waals surface area contributed by atoms with E-state index in [1.165, 1.54) is 0 Å². The minimum absolute atomic E-state index is 0.535. The van der Waals surface area contributed by atoms with E-state index in [-0.39, 0.29) is 0 Å². The highest BCUT2D eigenvalue weighted by Gasteiger charge is 2.30. The molecule has 6 heavy (non-hydrogen) atoms. The lowest BCUT2D eigenvalue weighted by molar-refractivity contribution is 0.113. The molecule has 36 valence electrons. The molecule has 1 aliphatic rings. The van der Waals surface area contributed by atoms with Crippen LogP contribution in [-0.2, 0) is 0 Å². The smallest absolute Gasteiger partial charge is 0.132 e. The minimum Gasteiger partial charge on any atom is -0.310 e. The molecule has 1 saturated heterocycles. The Labute approximate surface area is 36.5 Å². The minimum atomic E-state index is -0.889. The van der Waals surface area contributed by atoms with Crippen molar-refractivity contribution in [2.45, 2.75) is 12.6 Å². The summed E-state index contributed by atoms with van der Waals surface area (Å²) in [6.07, 6.45) is 0. The number of alkyl halides is 1. The van der Waals surface area contributed by atoms with Gasteiger partial charge in [0.15, 0.2) is 0 Å². The molecule has 0 atom stereocenters. The molecule has 1 fully saturated rings. The van der Waals surface area contributed by atoms with Gasteiger partial charge in [-0.3, -0.25) is 0 Å². The third kappa shape index (κ3) is 0.522. The summed E-state index contributed by atoms with van der Waals surface area (Å²) in [5.41, 5.74) is -0.889. The Hall–Kier alpha value is -0.110. The van der Waals surface area contributed by atoms with Crippen molar-refractivity contribution < 1.29 is 4.39 Å². The maximum absolute atomic E-state index is 12.1. The van der Waals surface area contributed by atoms with Crippen molar-refractivity contribution in [1.29, 1.82) is 0 Å². The lowest BCUT2D eigenvalue weighted by atomic mass is 10.0. The van der Waals surface area contributed by atoms with Crippen molar-refractivity contribution in [3.63, 3.8) is 0 Å². The van der Waals surface area contributed by atoms with Crippen LogP contribution in [0.3, 0.4) is 0 Å². The Morgan fingerprint density at radius 2 is 2.00 bits per heavy atom. The number of rotatable bonds is 0. The monoisotopic (exact) mass is 89.1 g/mol. The first kappa shape index (κ1) is 4.06. The molecule has 0 aromatic rings. The molecular weight excluding hydrogens is 81.0 g/mol. The fourth-order valence-corrected chi connectivity index (χ4v) is 0.469. The van der Waals surface area contributed by atoms with Crippen LogP contribution in [0.15, 0.2) is 0 Å². The van der Waals surface area contributed by atoms with Crippen molar-refractivity contribution in [1.82, 2.24) is 5.32 Å². The van der Waals surface area contributed by atoms with Crippen LogP contribution in [0.25, 0.3) is 0 Å². The van der Waals surface area contributed by atoms with Gasteiger partial charge < -0.3 is 5.32 Å². The number of nitrogens with one attached hydrogen (secondary N) is 1. The average Bonchev–Trinajstić information content (AvgIpc) is 1.32. The van der Waals surface area contributed by atoms with Crippen molar-refractivity contribution in [2.75, 3.05) is 13.1 Å². The Morgan fingerprint density at radius 1 is 1.67 bits per heavy atom. The standard InChI is InChI=1S/C4H8FN/c1-4(5)2-6-3-4/h6H,2-3H2,1H3. The fourth-order valence-electron chi connectivity index (χ4n) is 0.469. The number of hydrogen-bond donors (Lipinski definition) is 1. The number of halogens is 1. The van der Waals surface area contributed by atoms with E-state index in [2.05, 4.69) is 5.32 Å². The fraction of sp³-hybridized carbons (Fsp3) is 1.00. The van der Waals surface area contributed by atoms with Crippen molar-refractivity contribution in [3.05, 3.63) is 0 Å². The molecular formula is C4H8FN. The van der Waals surface area contributed by atoms with Gasteiger partial charge in [-0.15, -0.1) is 0 Å². The first-order valence-corrected chi connectivity index (χ1v) is 2.10. The summed E-state index contributed by atoms with van der Waals surface area (Å²) < 4.78 is 12.1. The second-order valence-electron chi connectivity index (χ2n) is 2.02. The van der Waals surface area contributed by atoms with E-state index >= 15 is 0 Å². The molecule has 0 radical (unpaired) electrons. The van der Waals surface area contributed by atoms with Crippen molar-refractivity contribution in [2.24, 2.45) is 0 Å². The van der Waals surface area contributed by atoms with Gasteiger partial charge in [-0.25, -0.2) is 4.39 Å². The van der Waals surface area contributed by atoms with Gasteiger partial charge in [-0.1, -0.05) is 0 Å². The van der Waals surface area contributed by atoms with E-state index in [0.717, 1.165) is 0 Å². The molecule has 0 aromatic carbocycles. The van der Waals surface area contributed by atoms with Crippen LogP contribution in [0, 0.1) is 0 Å². The van der Waals surface area contributed by atoms with Crippen LogP contribution in [-0.4, -0.2) is 18.8 Å². The highest BCUT2D eigenvalue weighted by atomic mass is 19.1. The van der Waals surface area contributed by atoms with Gasteiger partial charge in [0, 0.05) is 13.1 Å². The zero-order valence-electron chi connectivity index (χ0n) is 3.79. The third-order valence-corrected chi connectivity index (χ3v) is 0.987. The van der Waals surface area contributed by atoms with Crippen molar-refractivity contribution in [3.8, 4) is 0 Å². The van der Waals surface area contributed by atoms with Gasteiger partial charge in [0.25, 0.3) is 0 Å². The van der Waals surface area contributed by atoms with Crippen LogP contribution < -0.4 is 5.32 Å². The van der Waals surface area contributed by atoms with Crippen LogP contribution in [0.4, 0.5) is 4.39 Å². The molecule has 1 N–H and O–H groups in total. The zero-order valence-corrected chi connectivity index (χ0v) is 3.79. The molecule has 0 amide bonds. The molecule has 1 heterocycles. The third-order valence-electron chi connectivity index (χ3n) is 0.987. The van der Waals surface area contributed by atoms with E-state index in [1.807, 2.05) is 0 Å². The van der Waals surface area contributed by atoms with Gasteiger partial charge in [0.05, 0.1) is 0 Å². The Morgan fingerprint density at radius 3 is 2.00 bits per heavy atom. The van der Waals surface area contributed by atoms with E-state index in [9.17, 15) is 4.39 Å². The summed E-state index contributed by atoms with van der Waals surface area (Å²) >= 11 is 0. The summed E-state index contributed by atoms with van der Waals surface area (Å²) in [5.74, 6) is 0. The van der Waals surface area contributed by atoms with E-state index < -0.39 is 5.67 Å². The lowest BCUT2D eigenvalue weighted by Gasteiger charge is -2.30. The topological polar surface area (TPSA) is 12.0 Å². The maximum atomic E-state index is 12.1. The largest absolute Gasteiger partial charge is 0.310 e. The first-order valence-electron chi connectivity index (χ1n) is 2.10. The molecule has 0 bridgehead atoms. The van der Waals surface area contributed by atoms with Crippen LogP contribution in [0.2, 0.25) is 0 Å². The quantitative estimate of drug-likeness (QED) is 0.450. The highest BCUT2D eigenvalue weighted by molar-refractivity contribution is 4.87. The molecule has 1 aliphatic heterocycles. The first-order chi connectivity index (χ1) is 2.71. The summed E-state index contributed by atoms with van der Waals surface area (Å²) in [5, 5.41) is 2.83. The van der Waals surface area contributed by atoms with Gasteiger partial charge in [0.2, 0.25) is 0 Å². The average molecular weight is 89.1 g/mol. The van der Waals surface area contributed by atoms with Crippen LogP contribution in [0.5, 0.6) is 0 Å². The van der Waals surface area contributed by atoms with Gasteiger partial charge in [0.1, 0.15) is 5.67 Å². The molecule has 2 heteroatoms. The zero-order chi connectivity index (χ0) is 4.62. The Bertz CT molecular complexity index is 54.6. The van der Waals surface area contributed by atoms with Gasteiger partial charge in [-0.05, 0) is 6.92 Å². The molecule has 0 saturated carbocycles. The molecule has 1 rings (SSSR count). The molecule has 1 nitrogen and oxygen atoms in total. The Kier molecular flexibility index (Phi) is 0.634. The maximum Gasteiger partial charge on any atom is 0.132 e. The summed E-state index contributed by atoms with van der Waals surface area (Å²) in [7, 11) is 0. The van der Waals surface area contributed by atoms with Crippen molar-refractivity contribution >= 4 is 0 Å². The summed E-state index contributed by atoms with van der Waals surface area (Å²) in [6.45, 7) is 2.67. The predicted octanol–water partition coefficient (Wildman–Crippen LogP) is 0.318. The second-order valence-corrected chi connectivity index (χ2v) is 2.02. The summed E-state index contributed by atoms with van der Waals surface area (Å²) in [6, 6.07) is 0. The van der Waals surface area contributed by atoms with Gasteiger partial charge in [-0.2, -0.15) is 0 Å². The highest BCUT2D eigenvalue weighted by Crippen LogP contribution is 2.12. The second kappa shape index (κ2) is 0.936. The summed E-state index contributed by atoms with van der Waals surface area (Å²) in [4.78, 5) is 0. The molecule has 0 aliphatic carbocycles. The van der Waals surface area contributed by atoms with E-state index in [0.29, 0.717) is 13.1 Å². The van der Waals surface area contributed by atoms with E-state index in [1.54, 1.807) is 6.92 Å². The normalized spacial score (nSPS) is 29.0.